The van der Waals surface area contributed by atoms with Crippen molar-refractivity contribution in [2.45, 2.75) is 25.7 Å². The van der Waals surface area contributed by atoms with E-state index in [-0.39, 0.29) is 17.2 Å². The average molecular weight is 331 g/mol. The molecule has 1 aliphatic rings. The number of nitrogens with one attached hydrogen (secondary N) is 1. The van der Waals surface area contributed by atoms with Crippen molar-refractivity contribution in [1.82, 2.24) is 0 Å². The number of anilines is 1. The molecular formula is C17H17NO4S. The molecule has 2 N–H and O–H groups in total. The summed E-state index contributed by atoms with van der Waals surface area (Å²) in [6.07, 6.45) is 4.45. The van der Waals surface area contributed by atoms with Gasteiger partial charge in [0.15, 0.2) is 0 Å². The number of benzene rings is 1. The third-order valence-corrected chi connectivity index (χ3v) is 5.15. The molecule has 1 heterocycles. The minimum absolute atomic E-state index is 0.0667. The predicted molar refractivity (Wildman–Crippen MR) is 88.9 cm³/mol. The molecule has 23 heavy (non-hydrogen) atoms. The van der Waals surface area contributed by atoms with E-state index in [1.165, 1.54) is 42.5 Å². The van der Waals surface area contributed by atoms with Gasteiger partial charge >= 0.3 is 5.97 Å². The van der Waals surface area contributed by atoms with Crippen molar-refractivity contribution >= 4 is 28.9 Å². The van der Waals surface area contributed by atoms with Gasteiger partial charge in [0.25, 0.3) is 5.91 Å². The third kappa shape index (κ3) is 3.22. The number of carbonyl (C=O) groups is 2. The van der Waals surface area contributed by atoms with Crippen LogP contribution in [0.3, 0.4) is 0 Å². The van der Waals surface area contributed by atoms with Crippen molar-refractivity contribution in [1.29, 1.82) is 0 Å². The van der Waals surface area contributed by atoms with Crippen molar-refractivity contribution in [2.75, 3.05) is 12.4 Å². The minimum atomic E-state index is -1.06. The van der Waals surface area contributed by atoms with Gasteiger partial charge in [-0.3, -0.25) is 4.79 Å². The number of hydrogen-bond donors (Lipinski definition) is 2. The highest BCUT2D eigenvalue weighted by atomic mass is 32.1. The number of fused-ring (bicyclic) bond motifs is 1. The molecule has 5 nitrogen and oxygen atoms in total. The molecule has 0 radical (unpaired) electrons. The van der Waals surface area contributed by atoms with E-state index in [1.54, 1.807) is 17.4 Å². The van der Waals surface area contributed by atoms with Gasteiger partial charge in [-0.1, -0.05) is 0 Å². The van der Waals surface area contributed by atoms with E-state index in [9.17, 15) is 9.59 Å². The number of amides is 1. The van der Waals surface area contributed by atoms with Gasteiger partial charge in [-0.25, -0.2) is 4.79 Å². The lowest BCUT2D eigenvalue weighted by molar-refractivity contribution is 0.0693. The second kappa shape index (κ2) is 6.42. The summed E-state index contributed by atoms with van der Waals surface area (Å²) in [5, 5.41) is 11.9. The van der Waals surface area contributed by atoms with E-state index >= 15 is 0 Å². The first kappa shape index (κ1) is 15.6. The number of carboxylic acid groups (broad SMARTS) is 1. The Morgan fingerprint density at radius 3 is 2.70 bits per heavy atom. The molecule has 120 valence electrons. The summed E-state index contributed by atoms with van der Waals surface area (Å²) in [6.45, 7) is 0. The zero-order valence-electron chi connectivity index (χ0n) is 12.7. The van der Waals surface area contributed by atoms with Crippen LogP contribution < -0.4 is 10.1 Å². The molecule has 0 fully saturated rings. The summed E-state index contributed by atoms with van der Waals surface area (Å²) in [6, 6.07) is 6.49. The fourth-order valence-corrected chi connectivity index (χ4v) is 3.89. The quantitative estimate of drug-likeness (QED) is 0.898. The number of hydrogen-bond acceptors (Lipinski definition) is 4. The normalized spacial score (nSPS) is 13.3. The zero-order chi connectivity index (χ0) is 16.4. The Morgan fingerprint density at radius 2 is 2.00 bits per heavy atom. The SMILES string of the molecule is COc1cc(NC(=O)c2cc3c(s2)CCCC3)ccc1C(=O)O. The van der Waals surface area contributed by atoms with Crippen molar-refractivity contribution in [2.24, 2.45) is 0 Å². The summed E-state index contributed by atoms with van der Waals surface area (Å²) in [7, 11) is 1.40. The molecule has 0 spiro atoms. The molecule has 0 atom stereocenters. The first-order valence-corrected chi connectivity index (χ1v) is 8.24. The van der Waals surface area contributed by atoms with Crippen molar-refractivity contribution in [3.8, 4) is 5.75 Å². The van der Waals surface area contributed by atoms with Crippen LogP contribution in [0.5, 0.6) is 5.75 Å². The largest absolute Gasteiger partial charge is 0.496 e. The lowest BCUT2D eigenvalue weighted by Crippen LogP contribution is -2.11. The summed E-state index contributed by atoms with van der Waals surface area (Å²) >= 11 is 1.54. The van der Waals surface area contributed by atoms with Crippen LogP contribution in [-0.2, 0) is 12.8 Å². The molecule has 0 unspecified atom stereocenters. The van der Waals surface area contributed by atoms with Crippen molar-refractivity contribution < 1.29 is 19.4 Å². The number of carboxylic acids is 1. The van der Waals surface area contributed by atoms with Gasteiger partial charge in [0.05, 0.1) is 12.0 Å². The second-order valence-corrected chi connectivity index (χ2v) is 6.58. The zero-order valence-corrected chi connectivity index (χ0v) is 13.5. The van der Waals surface area contributed by atoms with Crippen LogP contribution in [0, 0.1) is 0 Å². The standard InChI is InChI=1S/C17H17NO4S/c1-22-13-9-11(6-7-12(13)17(20)21)18-16(19)15-8-10-4-2-3-5-14(10)23-15/h6-9H,2-5H2,1H3,(H,18,19)(H,20,21). The maximum Gasteiger partial charge on any atom is 0.339 e. The van der Waals surface area contributed by atoms with Crippen LogP contribution in [0.1, 0.15) is 43.3 Å². The Balaban J connectivity index is 1.80. The Morgan fingerprint density at radius 1 is 1.22 bits per heavy atom. The molecule has 0 bridgehead atoms. The number of carbonyl (C=O) groups excluding carboxylic acids is 1. The van der Waals surface area contributed by atoms with E-state index < -0.39 is 5.97 Å². The van der Waals surface area contributed by atoms with Gasteiger partial charge in [-0.2, -0.15) is 0 Å². The molecule has 1 amide bonds. The lowest BCUT2D eigenvalue weighted by atomic mass is 9.99. The van der Waals surface area contributed by atoms with E-state index in [2.05, 4.69) is 5.32 Å². The Bertz CT molecular complexity index is 742. The Labute approximate surface area is 137 Å². The van der Waals surface area contributed by atoms with Crippen LogP contribution >= 0.6 is 11.3 Å². The van der Waals surface area contributed by atoms with Gasteiger partial charge in [0.2, 0.25) is 0 Å². The first-order chi connectivity index (χ1) is 11.1. The van der Waals surface area contributed by atoms with E-state index in [0.29, 0.717) is 10.6 Å². The molecular weight excluding hydrogens is 314 g/mol. The minimum Gasteiger partial charge on any atom is -0.496 e. The highest BCUT2D eigenvalue weighted by Crippen LogP contribution is 2.30. The molecule has 1 aliphatic carbocycles. The summed E-state index contributed by atoms with van der Waals surface area (Å²) in [5.74, 6) is -1.01. The summed E-state index contributed by atoms with van der Waals surface area (Å²) in [5.41, 5.74) is 1.87. The molecule has 0 aliphatic heterocycles. The number of ether oxygens (including phenoxy) is 1. The summed E-state index contributed by atoms with van der Waals surface area (Å²) in [4.78, 5) is 25.5. The molecule has 6 heteroatoms. The van der Waals surface area contributed by atoms with Crippen LogP contribution in [0.2, 0.25) is 0 Å². The monoisotopic (exact) mass is 331 g/mol. The second-order valence-electron chi connectivity index (χ2n) is 5.44. The fraction of sp³-hybridized carbons (Fsp3) is 0.294. The van der Waals surface area contributed by atoms with E-state index in [0.717, 1.165) is 12.8 Å². The predicted octanol–water partition coefficient (Wildman–Crippen LogP) is 3.59. The maximum atomic E-state index is 12.4. The lowest BCUT2D eigenvalue weighted by Gasteiger charge is -2.08. The molecule has 0 saturated heterocycles. The number of aromatic carboxylic acids is 1. The van der Waals surface area contributed by atoms with Crippen molar-refractivity contribution in [3.63, 3.8) is 0 Å². The van der Waals surface area contributed by atoms with Gasteiger partial charge in [0.1, 0.15) is 11.3 Å². The van der Waals surface area contributed by atoms with Gasteiger partial charge < -0.3 is 15.2 Å². The first-order valence-electron chi connectivity index (χ1n) is 7.42. The van der Waals surface area contributed by atoms with E-state index in [4.69, 9.17) is 9.84 Å². The molecule has 1 aromatic heterocycles. The maximum absolute atomic E-state index is 12.4. The molecule has 1 aromatic carbocycles. The van der Waals surface area contributed by atoms with Crippen molar-refractivity contribution in [3.05, 3.63) is 45.1 Å². The molecule has 3 rings (SSSR count). The Kier molecular flexibility index (Phi) is 4.34. The van der Waals surface area contributed by atoms with Crippen LogP contribution in [0.15, 0.2) is 24.3 Å². The molecule has 0 saturated carbocycles. The van der Waals surface area contributed by atoms with Gasteiger partial charge in [-0.15, -0.1) is 11.3 Å². The topological polar surface area (TPSA) is 75.6 Å². The smallest absolute Gasteiger partial charge is 0.339 e. The average Bonchev–Trinajstić information content (AvgIpc) is 2.98. The molecule has 2 aromatic rings. The fourth-order valence-electron chi connectivity index (χ4n) is 2.74. The third-order valence-electron chi connectivity index (χ3n) is 3.91. The highest BCUT2D eigenvalue weighted by molar-refractivity contribution is 7.14. The number of methoxy groups -OCH3 is 1. The van der Waals surface area contributed by atoms with Gasteiger partial charge in [0, 0.05) is 16.6 Å². The summed E-state index contributed by atoms with van der Waals surface area (Å²) < 4.78 is 5.07. The number of thiophene rings is 1. The van der Waals surface area contributed by atoms with Crippen LogP contribution in [-0.4, -0.2) is 24.1 Å². The number of aryl methyl sites for hydroxylation is 2. The van der Waals surface area contributed by atoms with Crippen LogP contribution in [0.4, 0.5) is 5.69 Å². The van der Waals surface area contributed by atoms with Crippen LogP contribution in [0.25, 0.3) is 0 Å². The number of rotatable bonds is 4. The highest BCUT2D eigenvalue weighted by Gasteiger charge is 2.18. The van der Waals surface area contributed by atoms with Gasteiger partial charge in [-0.05, 0) is 49.4 Å². The van der Waals surface area contributed by atoms with E-state index in [1.807, 2.05) is 6.07 Å². The Hall–Kier alpha value is -2.34.